The predicted octanol–water partition coefficient (Wildman–Crippen LogP) is 2.28. The van der Waals surface area contributed by atoms with E-state index >= 15 is 0 Å². The highest BCUT2D eigenvalue weighted by Gasteiger charge is 2.36. The maximum Gasteiger partial charge on any atom is 0.410 e. The molecule has 0 aliphatic carbocycles. The number of carboxylic acids is 2. The highest BCUT2D eigenvalue weighted by molar-refractivity contribution is 5.81. The number of hydrogen-bond donors (Lipinski definition) is 2. The quantitative estimate of drug-likeness (QED) is 0.479. The number of benzene rings is 1. The van der Waals surface area contributed by atoms with Gasteiger partial charge in [-0.1, -0.05) is 0 Å². The molecular formula is C17H21FN2O9. The molecule has 0 saturated heterocycles. The number of carboxylic acid groups (broad SMARTS) is 2. The van der Waals surface area contributed by atoms with Gasteiger partial charge < -0.3 is 19.7 Å². The molecule has 29 heavy (non-hydrogen) atoms. The maximum atomic E-state index is 13.2. The Morgan fingerprint density at radius 2 is 1.83 bits per heavy atom. The van der Waals surface area contributed by atoms with E-state index in [4.69, 9.17) is 9.47 Å². The van der Waals surface area contributed by atoms with Crippen molar-refractivity contribution < 1.29 is 43.4 Å². The van der Waals surface area contributed by atoms with E-state index in [0.717, 1.165) is 19.2 Å². The van der Waals surface area contributed by atoms with Gasteiger partial charge in [0.1, 0.15) is 17.5 Å². The number of amides is 1. The molecule has 1 aromatic carbocycles. The van der Waals surface area contributed by atoms with Gasteiger partial charge in [0.2, 0.25) is 0 Å². The molecule has 0 saturated carbocycles. The van der Waals surface area contributed by atoms with Gasteiger partial charge in [0, 0.05) is 13.5 Å². The average molecular weight is 416 g/mol. The zero-order valence-corrected chi connectivity index (χ0v) is 16.1. The van der Waals surface area contributed by atoms with E-state index in [0.29, 0.717) is 11.0 Å². The molecule has 0 aliphatic rings. The molecule has 1 aromatic rings. The molecule has 0 aliphatic heterocycles. The summed E-state index contributed by atoms with van der Waals surface area (Å²) in [4.78, 5) is 46.0. The van der Waals surface area contributed by atoms with Gasteiger partial charge in [-0.15, -0.1) is 0 Å². The average Bonchev–Trinajstić information content (AvgIpc) is 2.56. The fraction of sp³-hybridized carbons (Fsp3) is 0.471. The molecule has 0 unspecified atom stereocenters. The molecule has 11 nitrogen and oxygen atoms in total. The van der Waals surface area contributed by atoms with Crippen LogP contribution in [0.5, 0.6) is 5.75 Å². The monoisotopic (exact) mass is 416 g/mol. The summed E-state index contributed by atoms with van der Waals surface area (Å²) in [6, 6.07) is 0.542. The Balaban J connectivity index is 3.12. The SMILES string of the molecule is CN(C(=O)OC(C)(C)C)[C@@H](C[C@H](Oc1ccc(F)cc1[N+](=O)[O-])C(=O)O)C(=O)O. The van der Waals surface area contributed by atoms with Gasteiger partial charge in [-0.25, -0.2) is 18.8 Å². The molecule has 0 spiro atoms. The minimum absolute atomic E-state index is 0.537. The number of nitrogens with zero attached hydrogens (tertiary/aromatic N) is 2. The third-order valence-electron chi connectivity index (χ3n) is 3.53. The Bertz CT molecular complexity index is 807. The molecular weight excluding hydrogens is 395 g/mol. The van der Waals surface area contributed by atoms with Crippen molar-refractivity contribution in [3.63, 3.8) is 0 Å². The highest BCUT2D eigenvalue weighted by atomic mass is 19.1. The number of ether oxygens (including phenoxy) is 2. The lowest BCUT2D eigenvalue weighted by Gasteiger charge is -2.29. The zero-order valence-electron chi connectivity index (χ0n) is 16.1. The third-order valence-corrected chi connectivity index (χ3v) is 3.53. The summed E-state index contributed by atoms with van der Waals surface area (Å²) in [5.74, 6) is -4.67. The van der Waals surface area contributed by atoms with Gasteiger partial charge in [0.25, 0.3) is 0 Å². The van der Waals surface area contributed by atoms with Crippen LogP contribution in [0.3, 0.4) is 0 Å². The van der Waals surface area contributed by atoms with Crippen molar-refractivity contribution in [3.8, 4) is 5.75 Å². The number of halogens is 1. The van der Waals surface area contributed by atoms with E-state index in [1.807, 2.05) is 0 Å². The van der Waals surface area contributed by atoms with Crippen molar-refractivity contribution >= 4 is 23.7 Å². The molecule has 0 radical (unpaired) electrons. The van der Waals surface area contributed by atoms with Crippen LogP contribution in [0.2, 0.25) is 0 Å². The van der Waals surface area contributed by atoms with Crippen molar-refractivity contribution in [2.24, 2.45) is 0 Å². The number of hydrogen-bond acceptors (Lipinski definition) is 7. The van der Waals surface area contributed by atoms with Crippen molar-refractivity contribution in [1.29, 1.82) is 0 Å². The highest BCUT2D eigenvalue weighted by Crippen LogP contribution is 2.29. The number of carbonyl (C=O) groups excluding carboxylic acids is 1. The summed E-state index contributed by atoms with van der Waals surface area (Å²) in [6.07, 6.45) is -3.65. The first-order chi connectivity index (χ1) is 13.2. The second kappa shape index (κ2) is 9.17. The number of carbonyl (C=O) groups is 3. The van der Waals surface area contributed by atoms with Crippen LogP contribution in [0.4, 0.5) is 14.9 Å². The smallest absolute Gasteiger partial charge is 0.410 e. The number of aliphatic carboxylic acids is 2. The first-order valence-corrected chi connectivity index (χ1v) is 8.25. The van der Waals surface area contributed by atoms with E-state index in [1.165, 1.54) is 0 Å². The van der Waals surface area contributed by atoms with Gasteiger partial charge in [-0.2, -0.15) is 0 Å². The summed E-state index contributed by atoms with van der Waals surface area (Å²) in [5.41, 5.74) is -1.75. The molecule has 1 amide bonds. The fourth-order valence-electron chi connectivity index (χ4n) is 2.17. The van der Waals surface area contributed by atoms with E-state index in [2.05, 4.69) is 0 Å². The van der Waals surface area contributed by atoms with Crippen molar-refractivity contribution in [3.05, 3.63) is 34.1 Å². The summed E-state index contributed by atoms with van der Waals surface area (Å²) in [6.45, 7) is 4.68. The van der Waals surface area contributed by atoms with Crippen LogP contribution in [0.1, 0.15) is 27.2 Å². The lowest BCUT2D eigenvalue weighted by atomic mass is 10.1. The van der Waals surface area contributed by atoms with Crippen LogP contribution in [0.25, 0.3) is 0 Å². The first-order valence-electron chi connectivity index (χ1n) is 8.25. The summed E-state index contributed by atoms with van der Waals surface area (Å²) in [5, 5.41) is 29.8. The minimum atomic E-state index is -1.88. The van der Waals surface area contributed by atoms with Crippen LogP contribution < -0.4 is 4.74 Å². The number of rotatable bonds is 8. The predicted molar refractivity (Wildman–Crippen MR) is 95.1 cm³/mol. The molecule has 0 aromatic heterocycles. The van der Waals surface area contributed by atoms with E-state index in [-0.39, 0.29) is 0 Å². The van der Waals surface area contributed by atoms with Crippen LogP contribution in [0, 0.1) is 15.9 Å². The van der Waals surface area contributed by atoms with Gasteiger partial charge in [-0.3, -0.25) is 15.0 Å². The van der Waals surface area contributed by atoms with E-state index in [9.17, 15) is 39.1 Å². The Morgan fingerprint density at radius 3 is 2.28 bits per heavy atom. The Kier molecular flexibility index (Phi) is 7.46. The molecule has 2 N–H and O–H groups in total. The lowest BCUT2D eigenvalue weighted by molar-refractivity contribution is -0.386. The Morgan fingerprint density at radius 1 is 1.24 bits per heavy atom. The normalized spacial score (nSPS) is 13.1. The largest absolute Gasteiger partial charge is 0.480 e. The van der Waals surface area contributed by atoms with Gasteiger partial charge in [0.05, 0.1) is 11.0 Å². The van der Waals surface area contributed by atoms with Gasteiger partial charge in [-0.05, 0) is 32.9 Å². The van der Waals surface area contributed by atoms with Crippen molar-refractivity contribution in [2.75, 3.05) is 7.05 Å². The Labute approximate surface area is 164 Å². The van der Waals surface area contributed by atoms with Crippen molar-refractivity contribution in [2.45, 2.75) is 44.9 Å². The molecule has 2 atom stereocenters. The number of likely N-dealkylation sites (N-methyl/N-ethyl adjacent to an activating group) is 1. The third kappa shape index (κ3) is 6.90. The summed E-state index contributed by atoms with van der Waals surface area (Å²) in [7, 11) is 1.10. The van der Waals surface area contributed by atoms with E-state index in [1.54, 1.807) is 20.8 Å². The summed E-state index contributed by atoms with van der Waals surface area (Å²) < 4.78 is 23.4. The van der Waals surface area contributed by atoms with Crippen LogP contribution >= 0.6 is 0 Å². The maximum absolute atomic E-state index is 13.2. The lowest BCUT2D eigenvalue weighted by Crippen LogP contribution is -2.48. The second-order valence-corrected chi connectivity index (χ2v) is 6.99. The van der Waals surface area contributed by atoms with Crippen LogP contribution in [-0.2, 0) is 14.3 Å². The van der Waals surface area contributed by atoms with Crippen LogP contribution in [0.15, 0.2) is 18.2 Å². The topological polar surface area (TPSA) is 157 Å². The summed E-state index contributed by atoms with van der Waals surface area (Å²) >= 11 is 0. The van der Waals surface area contributed by atoms with Crippen LogP contribution in [-0.4, -0.2) is 62.9 Å². The number of nitro groups is 1. The van der Waals surface area contributed by atoms with Gasteiger partial charge >= 0.3 is 23.7 Å². The van der Waals surface area contributed by atoms with Crippen molar-refractivity contribution in [1.82, 2.24) is 4.90 Å². The standard InChI is InChI=1S/C17H21FN2O9/c1-17(2,3)29-16(25)19(4)11(14(21)22)8-13(15(23)24)28-12-6-5-9(18)7-10(12)20(26)27/h5-7,11,13H,8H2,1-4H3,(H,21,22)(H,23,24)/t11-,13-/m0/s1. The molecule has 12 heteroatoms. The zero-order chi connectivity index (χ0) is 22.5. The first kappa shape index (κ1) is 23.6. The Hall–Kier alpha value is -3.44. The minimum Gasteiger partial charge on any atom is -0.480 e. The molecule has 0 heterocycles. The van der Waals surface area contributed by atoms with Gasteiger partial charge in [0.15, 0.2) is 11.9 Å². The molecule has 160 valence electrons. The second-order valence-electron chi connectivity index (χ2n) is 6.99. The molecule has 1 rings (SSSR count). The van der Waals surface area contributed by atoms with E-state index < -0.39 is 64.4 Å². The number of nitro benzene ring substituents is 1. The molecule has 0 fully saturated rings. The molecule has 0 bridgehead atoms. The fourth-order valence-corrected chi connectivity index (χ4v) is 2.17.